The molecule has 0 radical (unpaired) electrons. The highest BCUT2D eigenvalue weighted by molar-refractivity contribution is 7.99. The summed E-state index contributed by atoms with van der Waals surface area (Å²) in [4.78, 5) is 0. The molecule has 0 bridgehead atoms. The fourth-order valence-electron chi connectivity index (χ4n) is 1.76. The maximum absolute atomic E-state index is 9.74. The fourth-order valence-corrected chi connectivity index (χ4v) is 2.94. The van der Waals surface area contributed by atoms with Gasteiger partial charge in [-0.2, -0.15) is 0 Å². The Bertz CT molecular complexity index is 214. The van der Waals surface area contributed by atoms with Crippen LogP contribution in [0.25, 0.3) is 0 Å². The van der Waals surface area contributed by atoms with Gasteiger partial charge in [0.05, 0.1) is 6.61 Å². The molecule has 102 valence electrons. The highest BCUT2D eigenvalue weighted by Crippen LogP contribution is 2.28. The van der Waals surface area contributed by atoms with E-state index in [1.807, 2.05) is 0 Å². The number of unbranched alkanes of at least 4 members (excludes halogenated alkanes) is 2. The third kappa shape index (κ3) is 4.08. The summed E-state index contributed by atoms with van der Waals surface area (Å²) >= 11 is 1.42. The van der Waals surface area contributed by atoms with Gasteiger partial charge in [-0.25, -0.2) is 0 Å². The van der Waals surface area contributed by atoms with Crippen molar-refractivity contribution in [3.8, 4) is 0 Å². The van der Waals surface area contributed by atoms with E-state index >= 15 is 0 Å². The van der Waals surface area contributed by atoms with Crippen LogP contribution in [0, 0.1) is 0 Å². The molecule has 5 nitrogen and oxygen atoms in total. The van der Waals surface area contributed by atoms with Crippen molar-refractivity contribution in [2.75, 3.05) is 12.4 Å². The van der Waals surface area contributed by atoms with Crippen LogP contribution in [-0.4, -0.2) is 62.6 Å². The summed E-state index contributed by atoms with van der Waals surface area (Å²) in [5.41, 5.74) is -0.581. The number of ether oxygens (including phenoxy) is 1. The largest absolute Gasteiger partial charge is 0.394 e. The van der Waals surface area contributed by atoms with Crippen molar-refractivity contribution in [3.63, 3.8) is 0 Å². The summed E-state index contributed by atoms with van der Waals surface area (Å²) < 4.78 is 5.36. The van der Waals surface area contributed by atoms with E-state index in [1.54, 1.807) is 0 Å². The molecule has 17 heavy (non-hydrogen) atoms. The van der Waals surface area contributed by atoms with Crippen molar-refractivity contribution in [1.82, 2.24) is 0 Å². The summed E-state index contributed by atoms with van der Waals surface area (Å²) in [6.45, 7) is 1.75. The van der Waals surface area contributed by atoms with Gasteiger partial charge in [-0.15, -0.1) is 11.8 Å². The summed E-state index contributed by atoms with van der Waals surface area (Å²) in [5, 5.41) is 37.9. The second-order valence-electron chi connectivity index (χ2n) is 4.28. The molecular weight excluding hydrogens is 244 g/mol. The lowest BCUT2D eigenvalue weighted by Gasteiger charge is -2.39. The fraction of sp³-hybridized carbons (Fsp3) is 1.00. The van der Waals surface area contributed by atoms with Gasteiger partial charge < -0.3 is 25.2 Å². The zero-order valence-corrected chi connectivity index (χ0v) is 10.8. The van der Waals surface area contributed by atoms with Crippen LogP contribution in [0.4, 0.5) is 0 Å². The average Bonchev–Trinajstić information content (AvgIpc) is 2.34. The van der Waals surface area contributed by atoms with Crippen LogP contribution >= 0.6 is 11.8 Å². The molecule has 6 heteroatoms. The first-order valence-corrected chi connectivity index (χ1v) is 7.08. The van der Waals surface area contributed by atoms with E-state index in [4.69, 9.17) is 9.84 Å². The molecule has 0 saturated carbocycles. The van der Waals surface area contributed by atoms with Gasteiger partial charge in [0, 0.05) is 0 Å². The first kappa shape index (κ1) is 15.2. The van der Waals surface area contributed by atoms with Gasteiger partial charge >= 0.3 is 0 Å². The highest BCUT2D eigenvalue weighted by Gasteiger charge is 2.43. The molecule has 0 unspecified atom stereocenters. The van der Waals surface area contributed by atoms with E-state index in [1.165, 1.54) is 11.8 Å². The predicted molar refractivity (Wildman–Crippen MR) is 65.8 cm³/mol. The lowest BCUT2D eigenvalue weighted by Crippen LogP contribution is -2.57. The Hall–Kier alpha value is 0.150. The van der Waals surface area contributed by atoms with Gasteiger partial charge in [0.2, 0.25) is 0 Å². The van der Waals surface area contributed by atoms with E-state index < -0.39 is 29.9 Å². The second kappa shape index (κ2) is 7.56. The van der Waals surface area contributed by atoms with Crippen molar-refractivity contribution in [2.45, 2.75) is 56.0 Å². The van der Waals surface area contributed by atoms with Crippen LogP contribution in [0.15, 0.2) is 0 Å². The Morgan fingerprint density at radius 3 is 2.35 bits per heavy atom. The molecule has 0 aromatic rings. The standard InChI is InChI=1S/C11H22O5S/c1-2-3-4-5-17-11-10(15)9(14)8(13)7(6-12)16-11/h7-15H,2-6H2,1H3/t7-,8-,9+,10+,11-/m1/s1. The van der Waals surface area contributed by atoms with Crippen molar-refractivity contribution in [1.29, 1.82) is 0 Å². The molecule has 0 spiro atoms. The minimum Gasteiger partial charge on any atom is -0.394 e. The van der Waals surface area contributed by atoms with Crippen LogP contribution in [0.3, 0.4) is 0 Å². The number of aliphatic hydroxyl groups excluding tert-OH is 4. The van der Waals surface area contributed by atoms with Crippen molar-refractivity contribution in [2.24, 2.45) is 0 Å². The van der Waals surface area contributed by atoms with Crippen LogP contribution in [0.2, 0.25) is 0 Å². The Kier molecular flexibility index (Phi) is 6.76. The number of aliphatic hydroxyl groups is 4. The SMILES string of the molecule is CCCCCS[C@H]1O[C@H](CO)[C@@H](O)[C@H](O)[C@@H]1O. The maximum atomic E-state index is 9.74. The smallest absolute Gasteiger partial charge is 0.132 e. The lowest BCUT2D eigenvalue weighted by atomic mass is 10.0. The van der Waals surface area contributed by atoms with E-state index in [2.05, 4.69) is 6.92 Å². The molecule has 0 amide bonds. The third-order valence-electron chi connectivity index (χ3n) is 2.88. The summed E-state index contributed by atoms with van der Waals surface area (Å²) in [6.07, 6.45) is -1.17. The Morgan fingerprint density at radius 2 is 1.76 bits per heavy atom. The van der Waals surface area contributed by atoms with Crippen molar-refractivity contribution >= 4 is 11.8 Å². The first-order chi connectivity index (χ1) is 8.11. The van der Waals surface area contributed by atoms with Crippen molar-refractivity contribution in [3.05, 3.63) is 0 Å². The Morgan fingerprint density at radius 1 is 1.06 bits per heavy atom. The molecule has 0 aromatic carbocycles. The number of rotatable bonds is 6. The van der Waals surface area contributed by atoms with Crippen LogP contribution < -0.4 is 0 Å². The molecule has 0 aromatic heterocycles. The minimum absolute atomic E-state index is 0.364. The van der Waals surface area contributed by atoms with Crippen LogP contribution in [0.1, 0.15) is 26.2 Å². The van der Waals surface area contributed by atoms with E-state index in [-0.39, 0.29) is 6.61 Å². The minimum atomic E-state index is -1.26. The quantitative estimate of drug-likeness (QED) is 0.494. The maximum Gasteiger partial charge on any atom is 0.132 e. The Balaban J connectivity index is 2.42. The van der Waals surface area contributed by atoms with Gasteiger partial charge in [-0.05, 0) is 12.2 Å². The molecule has 1 saturated heterocycles. The lowest BCUT2D eigenvalue weighted by molar-refractivity contribution is -0.205. The molecule has 1 aliphatic rings. The van der Waals surface area contributed by atoms with Gasteiger partial charge in [-0.1, -0.05) is 19.8 Å². The molecule has 5 atom stereocenters. The molecule has 1 heterocycles. The highest BCUT2D eigenvalue weighted by atomic mass is 32.2. The molecule has 1 rings (SSSR count). The average molecular weight is 266 g/mol. The molecular formula is C11H22O5S. The zero-order chi connectivity index (χ0) is 12.8. The van der Waals surface area contributed by atoms with Crippen molar-refractivity contribution < 1.29 is 25.2 Å². The summed E-state index contributed by atoms with van der Waals surface area (Å²) in [5.74, 6) is 0.830. The number of hydrogen-bond donors (Lipinski definition) is 4. The van der Waals surface area contributed by atoms with Crippen LogP contribution in [-0.2, 0) is 4.74 Å². The number of thioether (sulfide) groups is 1. The van der Waals surface area contributed by atoms with Gasteiger partial charge in [0.25, 0.3) is 0 Å². The second-order valence-corrected chi connectivity index (χ2v) is 5.48. The Labute approximate surface area is 106 Å². The topological polar surface area (TPSA) is 90.2 Å². The van der Waals surface area contributed by atoms with E-state index in [9.17, 15) is 15.3 Å². The van der Waals surface area contributed by atoms with Gasteiger partial charge in [-0.3, -0.25) is 0 Å². The van der Waals surface area contributed by atoms with Gasteiger partial charge in [0.1, 0.15) is 29.9 Å². The number of hydrogen-bond acceptors (Lipinski definition) is 6. The zero-order valence-electron chi connectivity index (χ0n) is 10.0. The first-order valence-electron chi connectivity index (χ1n) is 6.04. The monoisotopic (exact) mass is 266 g/mol. The van der Waals surface area contributed by atoms with Crippen LogP contribution in [0.5, 0.6) is 0 Å². The van der Waals surface area contributed by atoms with Gasteiger partial charge in [0.15, 0.2) is 0 Å². The molecule has 4 N–H and O–H groups in total. The summed E-state index contributed by atoms with van der Waals surface area (Å²) in [6, 6.07) is 0. The summed E-state index contributed by atoms with van der Waals surface area (Å²) in [7, 11) is 0. The predicted octanol–water partition coefficient (Wildman–Crippen LogP) is -0.290. The molecule has 1 aliphatic heterocycles. The van der Waals surface area contributed by atoms with E-state index in [0.717, 1.165) is 25.0 Å². The van der Waals surface area contributed by atoms with E-state index in [0.29, 0.717) is 0 Å². The third-order valence-corrected chi connectivity index (χ3v) is 4.12. The molecule has 0 aliphatic carbocycles. The molecule has 1 fully saturated rings. The normalized spacial score (nSPS) is 38.3.